The molecule has 0 atom stereocenters. The van der Waals surface area contributed by atoms with Gasteiger partial charge >= 0.3 is 0 Å². The second-order valence-corrected chi connectivity index (χ2v) is 4.69. The molecule has 0 aliphatic heterocycles. The summed E-state index contributed by atoms with van der Waals surface area (Å²) in [6, 6.07) is 7.81. The lowest BCUT2D eigenvalue weighted by Crippen LogP contribution is -2.20. The van der Waals surface area contributed by atoms with Crippen molar-refractivity contribution in [1.29, 1.82) is 0 Å². The molecule has 0 saturated heterocycles. The second-order valence-electron chi connectivity index (χ2n) is 4.69. The molecule has 1 aromatic carbocycles. The van der Waals surface area contributed by atoms with Crippen molar-refractivity contribution in [2.24, 2.45) is 5.73 Å². The molecule has 3 aromatic rings. The standard InChI is InChI=1S/C14H16N4O/c1-9-10(2)16-14-17(8-7-15)11-5-3-4-6-12(11)18(14)13(9)19/h3-6H,7-8,15H2,1-2H3. The normalized spacial score (nSPS) is 11.5. The van der Waals surface area contributed by atoms with Crippen LogP contribution in [0.2, 0.25) is 0 Å². The third-order valence-electron chi connectivity index (χ3n) is 3.54. The first-order chi connectivity index (χ1) is 9.15. The Bertz CT molecular complexity index is 829. The topological polar surface area (TPSA) is 65.3 Å². The molecule has 0 spiro atoms. The zero-order chi connectivity index (χ0) is 13.6. The average molecular weight is 256 g/mol. The fourth-order valence-corrected chi connectivity index (χ4v) is 2.43. The van der Waals surface area contributed by atoms with Crippen molar-refractivity contribution in [3.63, 3.8) is 0 Å². The van der Waals surface area contributed by atoms with Crippen molar-refractivity contribution in [2.75, 3.05) is 6.54 Å². The molecular formula is C14H16N4O. The number of nitrogens with zero attached hydrogens (tertiary/aromatic N) is 3. The number of fused-ring (bicyclic) bond motifs is 3. The molecule has 0 aliphatic rings. The number of benzene rings is 1. The Morgan fingerprint density at radius 2 is 1.89 bits per heavy atom. The minimum Gasteiger partial charge on any atom is -0.329 e. The fourth-order valence-electron chi connectivity index (χ4n) is 2.43. The van der Waals surface area contributed by atoms with Crippen LogP contribution in [0.1, 0.15) is 11.3 Å². The lowest BCUT2D eigenvalue weighted by Gasteiger charge is -2.04. The van der Waals surface area contributed by atoms with Gasteiger partial charge in [-0.05, 0) is 26.0 Å². The summed E-state index contributed by atoms with van der Waals surface area (Å²) in [6.45, 7) is 4.83. The Hall–Kier alpha value is -2.14. The van der Waals surface area contributed by atoms with E-state index in [0.29, 0.717) is 24.4 Å². The van der Waals surface area contributed by atoms with Crippen LogP contribution in [-0.4, -0.2) is 20.5 Å². The molecule has 0 aliphatic carbocycles. The van der Waals surface area contributed by atoms with Crippen LogP contribution in [0.5, 0.6) is 0 Å². The maximum Gasteiger partial charge on any atom is 0.262 e. The van der Waals surface area contributed by atoms with E-state index in [4.69, 9.17) is 5.73 Å². The van der Waals surface area contributed by atoms with Gasteiger partial charge in [0.2, 0.25) is 5.78 Å². The minimum atomic E-state index is -0.00512. The van der Waals surface area contributed by atoms with Crippen LogP contribution >= 0.6 is 0 Å². The van der Waals surface area contributed by atoms with Gasteiger partial charge in [0.25, 0.3) is 5.56 Å². The second kappa shape index (κ2) is 4.20. The third kappa shape index (κ3) is 1.58. The fraction of sp³-hybridized carbons (Fsp3) is 0.286. The molecule has 0 radical (unpaired) electrons. The van der Waals surface area contributed by atoms with Gasteiger partial charge in [-0.15, -0.1) is 0 Å². The highest BCUT2D eigenvalue weighted by molar-refractivity contribution is 5.80. The molecule has 2 heterocycles. The molecular weight excluding hydrogens is 240 g/mol. The van der Waals surface area contributed by atoms with E-state index in [1.165, 1.54) is 0 Å². The minimum absolute atomic E-state index is 0.00512. The highest BCUT2D eigenvalue weighted by Gasteiger charge is 2.14. The van der Waals surface area contributed by atoms with Gasteiger partial charge in [0, 0.05) is 24.3 Å². The van der Waals surface area contributed by atoms with Crippen molar-refractivity contribution >= 4 is 16.8 Å². The average Bonchev–Trinajstić information content (AvgIpc) is 2.71. The summed E-state index contributed by atoms with van der Waals surface area (Å²) in [7, 11) is 0. The summed E-state index contributed by atoms with van der Waals surface area (Å²) in [4.78, 5) is 17.0. The van der Waals surface area contributed by atoms with Crippen LogP contribution in [0.3, 0.4) is 0 Å². The van der Waals surface area contributed by atoms with Gasteiger partial charge in [-0.3, -0.25) is 4.79 Å². The highest BCUT2D eigenvalue weighted by Crippen LogP contribution is 2.18. The summed E-state index contributed by atoms with van der Waals surface area (Å²) < 4.78 is 3.68. The zero-order valence-electron chi connectivity index (χ0n) is 11.1. The Morgan fingerprint density at radius 1 is 1.21 bits per heavy atom. The summed E-state index contributed by atoms with van der Waals surface area (Å²) in [5, 5.41) is 0. The first-order valence-electron chi connectivity index (χ1n) is 6.32. The third-order valence-corrected chi connectivity index (χ3v) is 3.54. The molecule has 2 N–H and O–H groups in total. The van der Waals surface area contributed by atoms with Crippen LogP contribution in [0.4, 0.5) is 0 Å². The molecule has 0 bridgehead atoms. The molecule has 5 nitrogen and oxygen atoms in total. The number of hydrogen-bond acceptors (Lipinski definition) is 3. The van der Waals surface area contributed by atoms with E-state index < -0.39 is 0 Å². The van der Waals surface area contributed by atoms with Crippen LogP contribution in [0, 0.1) is 13.8 Å². The summed E-state index contributed by atoms with van der Waals surface area (Å²) in [5.41, 5.74) is 8.99. The number of aromatic nitrogens is 3. The van der Waals surface area contributed by atoms with Gasteiger partial charge < -0.3 is 10.3 Å². The van der Waals surface area contributed by atoms with E-state index in [0.717, 1.165) is 16.7 Å². The van der Waals surface area contributed by atoms with E-state index >= 15 is 0 Å². The molecule has 5 heteroatoms. The number of nitrogens with two attached hydrogens (primary N) is 1. The Labute approximate surface area is 110 Å². The summed E-state index contributed by atoms with van der Waals surface area (Å²) >= 11 is 0. The molecule has 19 heavy (non-hydrogen) atoms. The number of imidazole rings is 1. The molecule has 0 saturated carbocycles. The van der Waals surface area contributed by atoms with Crippen LogP contribution < -0.4 is 11.3 Å². The molecule has 0 unspecified atom stereocenters. The Balaban J connectivity index is 2.60. The largest absolute Gasteiger partial charge is 0.329 e. The molecule has 0 amide bonds. The maximum atomic E-state index is 12.5. The first kappa shape index (κ1) is 11.9. The summed E-state index contributed by atoms with van der Waals surface area (Å²) in [6.07, 6.45) is 0. The summed E-state index contributed by atoms with van der Waals surface area (Å²) in [5.74, 6) is 0.666. The van der Waals surface area contributed by atoms with E-state index in [1.54, 1.807) is 4.40 Å². The number of hydrogen-bond donors (Lipinski definition) is 1. The van der Waals surface area contributed by atoms with Crippen molar-refractivity contribution in [1.82, 2.24) is 14.0 Å². The molecule has 0 fully saturated rings. The predicted molar refractivity (Wildman–Crippen MR) is 75.5 cm³/mol. The quantitative estimate of drug-likeness (QED) is 0.750. The van der Waals surface area contributed by atoms with Crippen LogP contribution in [0.25, 0.3) is 16.8 Å². The van der Waals surface area contributed by atoms with Gasteiger partial charge in [-0.2, -0.15) is 0 Å². The van der Waals surface area contributed by atoms with Crippen LogP contribution in [-0.2, 0) is 6.54 Å². The first-order valence-corrected chi connectivity index (χ1v) is 6.32. The maximum absolute atomic E-state index is 12.5. The van der Waals surface area contributed by atoms with Gasteiger partial charge in [0.05, 0.1) is 11.0 Å². The monoisotopic (exact) mass is 256 g/mol. The van der Waals surface area contributed by atoms with Gasteiger partial charge in [0.1, 0.15) is 0 Å². The number of aryl methyl sites for hydroxylation is 1. The number of rotatable bonds is 2. The number of para-hydroxylation sites is 2. The van der Waals surface area contributed by atoms with Crippen molar-refractivity contribution < 1.29 is 0 Å². The lowest BCUT2D eigenvalue weighted by atomic mass is 10.2. The van der Waals surface area contributed by atoms with E-state index in [9.17, 15) is 4.79 Å². The van der Waals surface area contributed by atoms with Crippen molar-refractivity contribution in [3.8, 4) is 0 Å². The van der Waals surface area contributed by atoms with Gasteiger partial charge in [-0.25, -0.2) is 9.38 Å². The lowest BCUT2D eigenvalue weighted by molar-refractivity contribution is 0.736. The Morgan fingerprint density at radius 3 is 2.58 bits per heavy atom. The van der Waals surface area contributed by atoms with Gasteiger partial charge in [-0.1, -0.05) is 12.1 Å². The smallest absolute Gasteiger partial charge is 0.262 e. The zero-order valence-corrected chi connectivity index (χ0v) is 11.1. The SMILES string of the molecule is Cc1nc2n(CCN)c3ccccc3n2c(=O)c1C. The van der Waals surface area contributed by atoms with Crippen molar-refractivity contribution in [3.05, 3.63) is 45.9 Å². The van der Waals surface area contributed by atoms with E-state index in [-0.39, 0.29) is 5.56 Å². The molecule has 3 rings (SSSR count). The van der Waals surface area contributed by atoms with E-state index in [2.05, 4.69) is 4.98 Å². The Kier molecular flexibility index (Phi) is 2.64. The van der Waals surface area contributed by atoms with Crippen molar-refractivity contribution in [2.45, 2.75) is 20.4 Å². The molecule has 98 valence electrons. The molecule has 2 aromatic heterocycles. The van der Waals surface area contributed by atoms with E-state index in [1.807, 2.05) is 42.7 Å². The van der Waals surface area contributed by atoms with Gasteiger partial charge in [0.15, 0.2) is 0 Å². The highest BCUT2D eigenvalue weighted by atomic mass is 16.1. The van der Waals surface area contributed by atoms with Crippen LogP contribution in [0.15, 0.2) is 29.1 Å². The predicted octanol–water partition coefficient (Wildman–Crippen LogP) is 1.22.